The SMILES string of the molecule is O=C(NCc1ccccc1-c1ccc(SC(F)(F)F)cc1)c1c[nH]nc1C(F)(F)F. The Labute approximate surface area is 170 Å². The third kappa shape index (κ3) is 5.35. The molecule has 0 aliphatic carbocycles. The number of halogens is 6. The summed E-state index contributed by atoms with van der Waals surface area (Å²) < 4.78 is 76.1. The number of H-pyrrole nitrogens is 1. The number of amides is 1. The Morgan fingerprint density at radius 1 is 1.00 bits per heavy atom. The number of nitrogens with zero attached hydrogens (tertiary/aromatic N) is 1. The van der Waals surface area contributed by atoms with Gasteiger partial charge in [0.25, 0.3) is 5.91 Å². The summed E-state index contributed by atoms with van der Waals surface area (Å²) in [7, 11) is 0. The lowest BCUT2D eigenvalue weighted by Crippen LogP contribution is -2.25. The number of aromatic nitrogens is 2. The zero-order valence-corrected chi connectivity index (χ0v) is 15.8. The first-order valence-electron chi connectivity index (χ1n) is 8.38. The molecule has 30 heavy (non-hydrogen) atoms. The van der Waals surface area contributed by atoms with Crippen LogP contribution in [-0.2, 0) is 12.7 Å². The first-order valence-corrected chi connectivity index (χ1v) is 9.19. The van der Waals surface area contributed by atoms with E-state index in [0.717, 1.165) is 6.20 Å². The fourth-order valence-electron chi connectivity index (χ4n) is 2.74. The van der Waals surface area contributed by atoms with Crippen LogP contribution < -0.4 is 5.32 Å². The van der Waals surface area contributed by atoms with Crippen molar-refractivity contribution in [3.8, 4) is 11.1 Å². The lowest BCUT2D eigenvalue weighted by atomic mass is 9.99. The minimum atomic E-state index is -4.78. The maximum Gasteiger partial charge on any atom is 0.446 e. The minimum Gasteiger partial charge on any atom is -0.348 e. The number of hydrogen-bond acceptors (Lipinski definition) is 3. The lowest BCUT2D eigenvalue weighted by Gasteiger charge is -2.12. The van der Waals surface area contributed by atoms with Crippen molar-refractivity contribution in [2.24, 2.45) is 0 Å². The van der Waals surface area contributed by atoms with Gasteiger partial charge in [-0.15, -0.1) is 0 Å². The summed E-state index contributed by atoms with van der Waals surface area (Å²) in [6, 6.07) is 12.4. The van der Waals surface area contributed by atoms with E-state index in [-0.39, 0.29) is 23.2 Å². The molecule has 2 aromatic carbocycles. The molecule has 1 amide bonds. The van der Waals surface area contributed by atoms with Gasteiger partial charge in [0.05, 0.1) is 5.56 Å². The number of rotatable bonds is 5. The summed E-state index contributed by atoms with van der Waals surface area (Å²) in [5.74, 6) is -0.956. The van der Waals surface area contributed by atoms with Crippen molar-refractivity contribution in [3.63, 3.8) is 0 Å². The highest BCUT2D eigenvalue weighted by Gasteiger charge is 2.38. The Morgan fingerprint density at radius 3 is 2.30 bits per heavy atom. The van der Waals surface area contributed by atoms with Crippen LogP contribution in [0.25, 0.3) is 11.1 Å². The van der Waals surface area contributed by atoms with E-state index in [1.165, 1.54) is 24.3 Å². The van der Waals surface area contributed by atoms with E-state index in [1.54, 1.807) is 24.3 Å². The Morgan fingerprint density at radius 2 is 1.67 bits per heavy atom. The molecule has 0 fully saturated rings. The number of carbonyl (C=O) groups is 1. The summed E-state index contributed by atoms with van der Waals surface area (Å²) in [4.78, 5) is 12.2. The monoisotopic (exact) mass is 445 g/mol. The first-order chi connectivity index (χ1) is 14.0. The van der Waals surface area contributed by atoms with Crippen LogP contribution in [0.5, 0.6) is 0 Å². The molecule has 3 aromatic rings. The predicted octanol–water partition coefficient (Wildman–Crippen LogP) is 5.64. The number of thioether (sulfide) groups is 1. The smallest absolute Gasteiger partial charge is 0.348 e. The average Bonchev–Trinajstić information content (AvgIpc) is 3.16. The molecule has 0 spiro atoms. The second kappa shape index (κ2) is 8.42. The van der Waals surface area contributed by atoms with Gasteiger partial charge in [-0.05, 0) is 40.6 Å². The van der Waals surface area contributed by atoms with Crippen LogP contribution in [0.15, 0.2) is 59.6 Å². The molecule has 2 N–H and O–H groups in total. The quantitative estimate of drug-likeness (QED) is 0.395. The molecule has 4 nitrogen and oxygen atoms in total. The van der Waals surface area contributed by atoms with Gasteiger partial charge in [0.1, 0.15) is 0 Å². The molecular weight excluding hydrogens is 432 g/mol. The van der Waals surface area contributed by atoms with Gasteiger partial charge < -0.3 is 5.32 Å². The first kappa shape index (κ1) is 21.8. The highest BCUT2D eigenvalue weighted by Crippen LogP contribution is 2.37. The fourth-order valence-corrected chi connectivity index (χ4v) is 3.28. The molecule has 1 aromatic heterocycles. The minimum absolute atomic E-state index is 0.0247. The summed E-state index contributed by atoms with van der Waals surface area (Å²) in [6.45, 7) is -0.0868. The molecule has 0 bridgehead atoms. The average molecular weight is 445 g/mol. The molecular formula is C19H13F6N3OS. The third-order valence-corrected chi connectivity index (χ3v) is 4.75. The number of alkyl halides is 6. The van der Waals surface area contributed by atoms with Gasteiger partial charge in [-0.2, -0.15) is 31.4 Å². The Hall–Kier alpha value is -2.95. The Balaban J connectivity index is 1.77. The number of hydrogen-bond donors (Lipinski definition) is 2. The molecule has 1 heterocycles. The van der Waals surface area contributed by atoms with Gasteiger partial charge in [0, 0.05) is 17.6 Å². The van der Waals surface area contributed by atoms with E-state index in [1.807, 2.05) is 5.10 Å². The zero-order chi connectivity index (χ0) is 21.9. The molecule has 0 atom stereocenters. The van der Waals surface area contributed by atoms with Gasteiger partial charge >= 0.3 is 11.7 Å². The van der Waals surface area contributed by atoms with Crippen LogP contribution in [0, 0.1) is 0 Å². The second-order valence-corrected chi connectivity index (χ2v) is 7.20. The van der Waals surface area contributed by atoms with E-state index in [0.29, 0.717) is 16.7 Å². The highest BCUT2D eigenvalue weighted by molar-refractivity contribution is 8.00. The number of benzene rings is 2. The van der Waals surface area contributed by atoms with Crippen LogP contribution in [0.4, 0.5) is 26.3 Å². The second-order valence-electron chi connectivity index (χ2n) is 6.06. The number of carbonyl (C=O) groups excluding carboxylic acids is 1. The summed E-state index contributed by atoms with van der Waals surface area (Å²) in [5, 5.41) is 7.51. The maximum atomic E-state index is 12.9. The lowest BCUT2D eigenvalue weighted by molar-refractivity contribution is -0.141. The summed E-state index contributed by atoms with van der Waals surface area (Å²) >= 11 is -0.233. The van der Waals surface area contributed by atoms with Crippen LogP contribution in [-0.4, -0.2) is 21.6 Å². The standard InChI is InChI=1S/C19H13F6N3OS/c20-18(21,22)16-15(10-27-28-16)17(29)26-9-12-3-1-2-4-14(12)11-5-7-13(8-6-11)30-19(23,24)25/h1-8,10H,9H2,(H,26,29)(H,27,28). The van der Waals surface area contributed by atoms with E-state index < -0.39 is 28.8 Å². The molecule has 158 valence electrons. The van der Waals surface area contributed by atoms with E-state index >= 15 is 0 Å². The van der Waals surface area contributed by atoms with Gasteiger partial charge in [-0.25, -0.2) is 0 Å². The molecule has 0 saturated carbocycles. The summed E-state index contributed by atoms with van der Waals surface area (Å²) in [5.41, 5.74) is -4.53. The van der Waals surface area contributed by atoms with Crippen LogP contribution in [0.2, 0.25) is 0 Å². The highest BCUT2D eigenvalue weighted by atomic mass is 32.2. The fraction of sp³-hybridized carbons (Fsp3) is 0.158. The van der Waals surface area contributed by atoms with Crippen molar-refractivity contribution in [2.75, 3.05) is 0 Å². The largest absolute Gasteiger partial charge is 0.446 e. The van der Waals surface area contributed by atoms with Crippen molar-refractivity contribution in [1.82, 2.24) is 15.5 Å². The van der Waals surface area contributed by atoms with Crippen molar-refractivity contribution in [3.05, 3.63) is 71.5 Å². The molecule has 0 unspecified atom stereocenters. The van der Waals surface area contributed by atoms with E-state index in [9.17, 15) is 31.1 Å². The molecule has 0 saturated heterocycles. The number of aromatic amines is 1. The van der Waals surface area contributed by atoms with Gasteiger partial charge in [-0.3, -0.25) is 9.89 Å². The van der Waals surface area contributed by atoms with Crippen molar-refractivity contribution in [2.45, 2.75) is 23.1 Å². The molecule has 0 aliphatic heterocycles. The van der Waals surface area contributed by atoms with Gasteiger partial charge in [0.15, 0.2) is 5.69 Å². The Bertz CT molecular complexity index is 1030. The van der Waals surface area contributed by atoms with Gasteiger partial charge in [-0.1, -0.05) is 36.4 Å². The predicted molar refractivity (Wildman–Crippen MR) is 98.5 cm³/mol. The van der Waals surface area contributed by atoms with Crippen LogP contribution >= 0.6 is 11.8 Å². The number of nitrogens with one attached hydrogen (secondary N) is 2. The van der Waals surface area contributed by atoms with Crippen molar-refractivity contribution in [1.29, 1.82) is 0 Å². The van der Waals surface area contributed by atoms with Crippen LogP contribution in [0.3, 0.4) is 0 Å². The normalized spacial score (nSPS) is 12.1. The molecule has 3 rings (SSSR count). The van der Waals surface area contributed by atoms with Crippen LogP contribution in [0.1, 0.15) is 21.6 Å². The maximum absolute atomic E-state index is 12.9. The van der Waals surface area contributed by atoms with Crippen molar-refractivity contribution >= 4 is 17.7 Å². The van der Waals surface area contributed by atoms with Crippen molar-refractivity contribution < 1.29 is 31.1 Å². The third-order valence-electron chi connectivity index (χ3n) is 4.01. The Kier molecular flexibility index (Phi) is 6.11. The molecule has 0 aliphatic rings. The molecule has 0 radical (unpaired) electrons. The van der Waals surface area contributed by atoms with E-state index in [2.05, 4.69) is 10.4 Å². The zero-order valence-electron chi connectivity index (χ0n) is 14.9. The van der Waals surface area contributed by atoms with Gasteiger partial charge in [0.2, 0.25) is 0 Å². The topological polar surface area (TPSA) is 57.8 Å². The summed E-state index contributed by atoms with van der Waals surface area (Å²) in [6.07, 6.45) is -3.91. The van der Waals surface area contributed by atoms with E-state index in [4.69, 9.17) is 0 Å². The molecule has 11 heteroatoms.